The molecule has 0 amide bonds. The average molecular weight is 365 g/mol. The van der Waals surface area contributed by atoms with E-state index in [2.05, 4.69) is 57.4 Å². The molecule has 0 aliphatic carbocycles. The zero-order valence-electron chi connectivity index (χ0n) is 16.4. The Morgan fingerprint density at radius 2 is 1.46 bits per heavy atom. The molecule has 1 aliphatic heterocycles. The summed E-state index contributed by atoms with van der Waals surface area (Å²) in [6.07, 6.45) is 4.24. The molecular weight excluding hydrogens is 328 g/mol. The molecule has 4 heteroatoms. The summed E-state index contributed by atoms with van der Waals surface area (Å²) in [5, 5.41) is 3.22. The topological polar surface area (TPSA) is 21.8 Å². The Balaban J connectivity index is 1.85. The van der Waals surface area contributed by atoms with Gasteiger partial charge < -0.3 is 9.47 Å². The van der Waals surface area contributed by atoms with Crippen LogP contribution in [0.4, 0.5) is 0 Å². The lowest BCUT2D eigenvalue weighted by atomic mass is 10.4. The van der Waals surface area contributed by atoms with E-state index in [0.717, 1.165) is 19.8 Å². The molecule has 24 heavy (non-hydrogen) atoms. The highest BCUT2D eigenvalue weighted by molar-refractivity contribution is 6.91. The molecule has 1 heterocycles. The normalized spacial score (nSPS) is 18.0. The second-order valence-electron chi connectivity index (χ2n) is 8.58. The predicted molar refractivity (Wildman–Crippen MR) is 110 cm³/mol. The van der Waals surface area contributed by atoms with Gasteiger partial charge in [0, 0.05) is 6.61 Å². The monoisotopic (exact) mass is 364 g/mol. The standard InChI is InChI=1S/C20H36O2Si2/c1-6-7-14-23(2,3)19-9-11-20(12-10-19)24(4,5)15-8-13-21-16-18-17-22-18/h9-12,18H,6-8,13-17H2,1-5H3. The van der Waals surface area contributed by atoms with Crippen LogP contribution in [0.1, 0.15) is 26.2 Å². The van der Waals surface area contributed by atoms with Crippen LogP contribution in [0.5, 0.6) is 0 Å². The van der Waals surface area contributed by atoms with Crippen molar-refractivity contribution in [2.75, 3.05) is 19.8 Å². The number of hydrogen-bond donors (Lipinski definition) is 0. The smallest absolute Gasteiger partial charge is 0.104 e. The van der Waals surface area contributed by atoms with E-state index in [1.807, 2.05) is 0 Å². The van der Waals surface area contributed by atoms with E-state index in [4.69, 9.17) is 9.47 Å². The minimum Gasteiger partial charge on any atom is -0.379 e. The Morgan fingerprint density at radius 1 is 0.958 bits per heavy atom. The first-order chi connectivity index (χ1) is 11.3. The maximum Gasteiger partial charge on any atom is 0.104 e. The molecule has 2 nitrogen and oxygen atoms in total. The Labute approximate surface area is 151 Å². The van der Waals surface area contributed by atoms with Crippen molar-refractivity contribution in [3.05, 3.63) is 24.3 Å². The van der Waals surface area contributed by atoms with E-state index in [9.17, 15) is 0 Å². The number of epoxide rings is 1. The molecule has 0 N–H and O–H groups in total. The van der Waals surface area contributed by atoms with Gasteiger partial charge in [-0.15, -0.1) is 0 Å². The first kappa shape index (κ1) is 19.9. The molecule has 136 valence electrons. The van der Waals surface area contributed by atoms with E-state index in [1.54, 1.807) is 10.4 Å². The molecule has 0 aromatic heterocycles. The molecule has 1 aromatic rings. The van der Waals surface area contributed by atoms with Gasteiger partial charge in [-0.2, -0.15) is 0 Å². The van der Waals surface area contributed by atoms with Crippen LogP contribution in [-0.2, 0) is 9.47 Å². The molecule has 1 saturated heterocycles. The highest BCUT2D eigenvalue weighted by Crippen LogP contribution is 2.16. The fourth-order valence-electron chi connectivity index (χ4n) is 3.28. The van der Waals surface area contributed by atoms with Gasteiger partial charge in [-0.25, -0.2) is 0 Å². The maximum atomic E-state index is 5.69. The minimum absolute atomic E-state index is 0.392. The van der Waals surface area contributed by atoms with Crippen LogP contribution < -0.4 is 10.4 Å². The molecule has 0 bridgehead atoms. The van der Waals surface area contributed by atoms with Crippen molar-refractivity contribution in [1.29, 1.82) is 0 Å². The van der Waals surface area contributed by atoms with Gasteiger partial charge in [0.1, 0.15) is 6.10 Å². The van der Waals surface area contributed by atoms with Gasteiger partial charge >= 0.3 is 0 Å². The summed E-state index contributed by atoms with van der Waals surface area (Å²) >= 11 is 0. The second kappa shape index (κ2) is 8.79. The summed E-state index contributed by atoms with van der Waals surface area (Å²) in [6, 6.07) is 12.4. The second-order valence-corrected chi connectivity index (χ2v) is 18.3. The van der Waals surface area contributed by atoms with Gasteiger partial charge in [-0.05, 0) is 6.42 Å². The van der Waals surface area contributed by atoms with Gasteiger partial charge in [-0.3, -0.25) is 0 Å². The highest BCUT2D eigenvalue weighted by Gasteiger charge is 2.26. The molecule has 0 spiro atoms. The van der Waals surface area contributed by atoms with Crippen LogP contribution in [0.2, 0.25) is 38.3 Å². The van der Waals surface area contributed by atoms with Gasteiger partial charge in [0.05, 0.1) is 29.4 Å². The molecule has 2 rings (SSSR count). The lowest BCUT2D eigenvalue weighted by Gasteiger charge is -2.26. The summed E-state index contributed by atoms with van der Waals surface area (Å²) in [6.45, 7) is 14.9. The van der Waals surface area contributed by atoms with Crippen molar-refractivity contribution in [3.63, 3.8) is 0 Å². The summed E-state index contributed by atoms with van der Waals surface area (Å²) in [5.74, 6) is 0. The number of unbranched alkanes of at least 4 members (excludes halogenated alkanes) is 1. The summed E-state index contributed by atoms with van der Waals surface area (Å²) in [7, 11) is -2.58. The van der Waals surface area contributed by atoms with E-state index in [-0.39, 0.29) is 0 Å². The number of ether oxygens (including phenoxy) is 2. The van der Waals surface area contributed by atoms with Gasteiger partial charge in [0.15, 0.2) is 0 Å². The Morgan fingerprint density at radius 3 is 1.92 bits per heavy atom. The highest BCUT2D eigenvalue weighted by atomic mass is 28.3. The molecule has 1 aromatic carbocycles. The van der Waals surface area contributed by atoms with Crippen molar-refractivity contribution >= 4 is 26.5 Å². The van der Waals surface area contributed by atoms with Crippen molar-refractivity contribution in [2.45, 2.75) is 70.6 Å². The van der Waals surface area contributed by atoms with Crippen LogP contribution in [0, 0.1) is 0 Å². The molecule has 1 aliphatic rings. The molecule has 0 saturated carbocycles. The van der Waals surface area contributed by atoms with Crippen molar-refractivity contribution < 1.29 is 9.47 Å². The van der Waals surface area contributed by atoms with E-state index < -0.39 is 16.1 Å². The summed E-state index contributed by atoms with van der Waals surface area (Å²) in [5.41, 5.74) is 0. The summed E-state index contributed by atoms with van der Waals surface area (Å²) < 4.78 is 10.9. The van der Waals surface area contributed by atoms with E-state index >= 15 is 0 Å². The van der Waals surface area contributed by atoms with Crippen LogP contribution >= 0.6 is 0 Å². The van der Waals surface area contributed by atoms with Gasteiger partial charge in [0.25, 0.3) is 0 Å². The lowest BCUT2D eigenvalue weighted by molar-refractivity contribution is 0.117. The third kappa shape index (κ3) is 6.14. The van der Waals surface area contributed by atoms with Gasteiger partial charge in [0.2, 0.25) is 0 Å². The van der Waals surface area contributed by atoms with Crippen molar-refractivity contribution in [3.8, 4) is 0 Å². The van der Waals surface area contributed by atoms with Crippen LogP contribution in [0.3, 0.4) is 0 Å². The fraction of sp³-hybridized carbons (Fsp3) is 0.700. The lowest BCUT2D eigenvalue weighted by Crippen LogP contribution is -2.45. The first-order valence-corrected chi connectivity index (χ1v) is 16.1. The molecule has 1 atom stereocenters. The number of hydrogen-bond acceptors (Lipinski definition) is 2. The van der Waals surface area contributed by atoms with Crippen molar-refractivity contribution in [2.24, 2.45) is 0 Å². The Hall–Kier alpha value is -0.426. The van der Waals surface area contributed by atoms with Crippen LogP contribution in [0.15, 0.2) is 24.3 Å². The van der Waals surface area contributed by atoms with E-state index in [1.165, 1.54) is 31.4 Å². The predicted octanol–water partition coefficient (Wildman–Crippen LogP) is 4.12. The quantitative estimate of drug-likeness (QED) is 0.335. The maximum absolute atomic E-state index is 5.69. The largest absolute Gasteiger partial charge is 0.379 e. The fourth-order valence-corrected chi connectivity index (χ4v) is 8.26. The zero-order chi connectivity index (χ0) is 17.6. The first-order valence-electron chi connectivity index (χ1n) is 9.65. The average Bonchev–Trinajstić information content (AvgIpc) is 3.37. The van der Waals surface area contributed by atoms with E-state index in [0.29, 0.717) is 6.10 Å². The summed E-state index contributed by atoms with van der Waals surface area (Å²) in [4.78, 5) is 0. The SMILES string of the molecule is CCCC[Si](C)(C)c1ccc([Si](C)(C)CCCOCC2CO2)cc1. The van der Waals surface area contributed by atoms with Crippen LogP contribution in [-0.4, -0.2) is 42.1 Å². The molecule has 0 radical (unpaired) electrons. The number of rotatable bonds is 11. The third-order valence-corrected chi connectivity index (χ3v) is 12.4. The van der Waals surface area contributed by atoms with Crippen molar-refractivity contribution in [1.82, 2.24) is 0 Å². The minimum atomic E-state index is -1.34. The zero-order valence-corrected chi connectivity index (χ0v) is 18.4. The number of benzene rings is 1. The van der Waals surface area contributed by atoms with Gasteiger partial charge in [-0.1, -0.05) is 92.7 Å². The molecule has 1 unspecified atom stereocenters. The Kier molecular flexibility index (Phi) is 7.29. The molecular formula is C20H36O2Si2. The third-order valence-electron chi connectivity index (χ3n) is 5.40. The van der Waals surface area contributed by atoms with Crippen LogP contribution in [0.25, 0.3) is 0 Å². The Bertz CT molecular complexity index is 493. The molecule has 1 fully saturated rings.